The molecule has 0 aliphatic rings. The van der Waals surface area contributed by atoms with Crippen LogP contribution in [0.1, 0.15) is 45.6 Å². The Morgan fingerprint density at radius 1 is 1.11 bits per heavy atom. The number of hydrogen-bond acceptors (Lipinski definition) is 5. The van der Waals surface area contributed by atoms with Gasteiger partial charge in [0.25, 0.3) is 0 Å². The Morgan fingerprint density at radius 3 is 2.32 bits per heavy atom. The number of alkyl carbamates (subject to hydrolysis) is 1. The number of primary amides is 1. The van der Waals surface area contributed by atoms with Gasteiger partial charge in [-0.2, -0.15) is 0 Å². The molecule has 0 aromatic heterocycles. The summed E-state index contributed by atoms with van der Waals surface area (Å²) in [6, 6.07) is 7.74. The number of carbonyl (C=O) groups is 3. The van der Waals surface area contributed by atoms with Gasteiger partial charge in [0.1, 0.15) is 11.6 Å². The lowest BCUT2D eigenvalue weighted by molar-refractivity contribution is -0.128. The lowest BCUT2D eigenvalue weighted by Gasteiger charge is -2.20. The molecule has 0 spiro atoms. The minimum absolute atomic E-state index is 0.314. The van der Waals surface area contributed by atoms with Gasteiger partial charge in [-0.3, -0.25) is 9.59 Å². The molecule has 0 saturated carbocycles. The van der Waals surface area contributed by atoms with Gasteiger partial charge in [0.2, 0.25) is 11.8 Å². The SMILES string of the molecule is CC(C)(C)OC(=O)NCCCCC(N)C(=O)NC(Cc1ccccc1)C(N)=O. The summed E-state index contributed by atoms with van der Waals surface area (Å²) in [4.78, 5) is 35.4. The average Bonchev–Trinajstić information content (AvgIpc) is 2.59. The first kappa shape index (κ1) is 23.4. The summed E-state index contributed by atoms with van der Waals surface area (Å²) in [5.74, 6) is -1.02. The molecule has 1 aromatic carbocycles. The van der Waals surface area contributed by atoms with Crippen molar-refractivity contribution in [2.24, 2.45) is 11.5 Å². The minimum atomic E-state index is -0.810. The van der Waals surface area contributed by atoms with E-state index in [9.17, 15) is 14.4 Å². The van der Waals surface area contributed by atoms with Gasteiger partial charge in [0.15, 0.2) is 0 Å². The van der Waals surface area contributed by atoms with Crippen molar-refractivity contribution in [1.82, 2.24) is 10.6 Å². The highest BCUT2D eigenvalue weighted by atomic mass is 16.6. The van der Waals surface area contributed by atoms with Crippen LogP contribution in [0.3, 0.4) is 0 Å². The van der Waals surface area contributed by atoms with Crippen LogP contribution in [-0.4, -0.2) is 42.1 Å². The molecule has 156 valence electrons. The standard InChI is InChI=1S/C20H32N4O4/c1-20(2,3)28-19(27)23-12-8-7-11-15(21)18(26)24-16(17(22)25)13-14-9-5-4-6-10-14/h4-6,9-10,15-16H,7-8,11-13,21H2,1-3H3,(H2,22,25)(H,23,27)(H,24,26). The maximum absolute atomic E-state index is 12.2. The van der Waals surface area contributed by atoms with E-state index < -0.39 is 35.6 Å². The Hall–Kier alpha value is -2.61. The third-order valence-electron chi connectivity index (χ3n) is 3.89. The molecule has 6 N–H and O–H groups in total. The number of carbonyl (C=O) groups excluding carboxylic acids is 3. The van der Waals surface area contributed by atoms with E-state index in [1.54, 1.807) is 20.8 Å². The van der Waals surface area contributed by atoms with Crippen molar-refractivity contribution in [3.63, 3.8) is 0 Å². The second-order valence-electron chi connectivity index (χ2n) is 7.68. The maximum Gasteiger partial charge on any atom is 0.407 e. The summed E-state index contributed by atoms with van der Waals surface area (Å²) in [5.41, 5.74) is 11.7. The van der Waals surface area contributed by atoms with Crippen LogP contribution in [0.5, 0.6) is 0 Å². The van der Waals surface area contributed by atoms with Crippen molar-refractivity contribution in [2.45, 2.75) is 64.1 Å². The number of benzene rings is 1. The van der Waals surface area contributed by atoms with E-state index in [-0.39, 0.29) is 0 Å². The molecule has 0 bridgehead atoms. The van der Waals surface area contributed by atoms with Gasteiger partial charge in [-0.05, 0) is 45.6 Å². The largest absolute Gasteiger partial charge is 0.444 e. The Balaban J connectivity index is 2.33. The highest BCUT2D eigenvalue weighted by Gasteiger charge is 2.22. The van der Waals surface area contributed by atoms with E-state index in [2.05, 4.69) is 10.6 Å². The Morgan fingerprint density at radius 2 is 1.75 bits per heavy atom. The van der Waals surface area contributed by atoms with E-state index in [0.29, 0.717) is 32.2 Å². The number of ether oxygens (including phenoxy) is 1. The van der Waals surface area contributed by atoms with E-state index in [0.717, 1.165) is 5.56 Å². The predicted molar refractivity (Wildman–Crippen MR) is 107 cm³/mol. The molecule has 3 amide bonds. The second kappa shape index (κ2) is 11.3. The van der Waals surface area contributed by atoms with Crippen molar-refractivity contribution < 1.29 is 19.1 Å². The average molecular weight is 393 g/mol. The first-order valence-corrected chi connectivity index (χ1v) is 9.44. The molecule has 0 aliphatic carbocycles. The first-order valence-electron chi connectivity index (χ1n) is 9.44. The molecule has 2 unspecified atom stereocenters. The van der Waals surface area contributed by atoms with Crippen molar-refractivity contribution in [3.8, 4) is 0 Å². The summed E-state index contributed by atoms with van der Waals surface area (Å²) in [6.07, 6.45) is 1.57. The maximum atomic E-state index is 12.2. The third-order valence-corrected chi connectivity index (χ3v) is 3.89. The zero-order valence-electron chi connectivity index (χ0n) is 16.9. The molecule has 0 aliphatic heterocycles. The minimum Gasteiger partial charge on any atom is -0.444 e. The van der Waals surface area contributed by atoms with Gasteiger partial charge in [-0.25, -0.2) is 4.79 Å². The predicted octanol–water partition coefficient (Wildman–Crippen LogP) is 1.22. The molecule has 1 rings (SSSR count). The fourth-order valence-corrected chi connectivity index (χ4v) is 2.48. The first-order chi connectivity index (χ1) is 13.1. The van der Waals surface area contributed by atoms with Crippen LogP contribution in [0.2, 0.25) is 0 Å². The van der Waals surface area contributed by atoms with Gasteiger partial charge in [-0.15, -0.1) is 0 Å². The van der Waals surface area contributed by atoms with E-state index in [4.69, 9.17) is 16.2 Å². The number of hydrogen-bond donors (Lipinski definition) is 4. The fraction of sp³-hybridized carbons (Fsp3) is 0.550. The van der Waals surface area contributed by atoms with Crippen LogP contribution in [0.15, 0.2) is 30.3 Å². The Labute approximate surface area is 166 Å². The fourth-order valence-electron chi connectivity index (χ4n) is 2.48. The van der Waals surface area contributed by atoms with Crippen LogP contribution in [-0.2, 0) is 20.7 Å². The summed E-state index contributed by atoms with van der Waals surface area (Å²) >= 11 is 0. The van der Waals surface area contributed by atoms with E-state index in [1.807, 2.05) is 30.3 Å². The highest BCUT2D eigenvalue weighted by molar-refractivity contribution is 5.89. The normalized spacial score (nSPS) is 13.3. The van der Waals surface area contributed by atoms with Gasteiger partial charge in [-0.1, -0.05) is 30.3 Å². The van der Waals surface area contributed by atoms with Crippen LogP contribution in [0.4, 0.5) is 4.79 Å². The van der Waals surface area contributed by atoms with Crippen LogP contribution in [0.25, 0.3) is 0 Å². The zero-order valence-corrected chi connectivity index (χ0v) is 16.9. The van der Waals surface area contributed by atoms with Crippen LogP contribution < -0.4 is 22.1 Å². The summed E-state index contributed by atoms with van der Waals surface area (Å²) < 4.78 is 5.14. The third kappa shape index (κ3) is 9.91. The Kier molecular flexibility index (Phi) is 9.44. The number of rotatable bonds is 10. The van der Waals surface area contributed by atoms with Crippen molar-refractivity contribution in [2.75, 3.05) is 6.54 Å². The molecule has 0 fully saturated rings. The molecule has 28 heavy (non-hydrogen) atoms. The van der Waals surface area contributed by atoms with Crippen molar-refractivity contribution in [3.05, 3.63) is 35.9 Å². The molecule has 1 aromatic rings. The van der Waals surface area contributed by atoms with Crippen LogP contribution in [0, 0.1) is 0 Å². The number of unbranched alkanes of at least 4 members (excludes halogenated alkanes) is 1. The number of nitrogens with two attached hydrogens (primary N) is 2. The summed E-state index contributed by atoms with van der Waals surface area (Å²) in [6.45, 7) is 5.81. The quantitative estimate of drug-likeness (QED) is 0.444. The molecule has 0 heterocycles. The monoisotopic (exact) mass is 392 g/mol. The van der Waals surface area contributed by atoms with E-state index >= 15 is 0 Å². The van der Waals surface area contributed by atoms with Crippen molar-refractivity contribution >= 4 is 17.9 Å². The summed E-state index contributed by atoms with van der Waals surface area (Å²) in [7, 11) is 0. The van der Waals surface area contributed by atoms with E-state index in [1.165, 1.54) is 0 Å². The highest BCUT2D eigenvalue weighted by Crippen LogP contribution is 2.07. The topological polar surface area (TPSA) is 137 Å². The van der Waals surface area contributed by atoms with Gasteiger partial charge in [0, 0.05) is 13.0 Å². The molecule has 0 radical (unpaired) electrons. The van der Waals surface area contributed by atoms with Gasteiger partial charge in [0.05, 0.1) is 6.04 Å². The Bertz CT molecular complexity index is 643. The number of nitrogens with one attached hydrogen (secondary N) is 2. The van der Waals surface area contributed by atoms with Gasteiger partial charge >= 0.3 is 6.09 Å². The smallest absolute Gasteiger partial charge is 0.407 e. The molecular formula is C20H32N4O4. The summed E-state index contributed by atoms with van der Waals surface area (Å²) in [5, 5.41) is 5.27. The second-order valence-corrected chi connectivity index (χ2v) is 7.68. The van der Waals surface area contributed by atoms with Crippen molar-refractivity contribution in [1.29, 1.82) is 0 Å². The lowest BCUT2D eigenvalue weighted by atomic mass is 10.0. The molecule has 0 saturated heterocycles. The molecule has 2 atom stereocenters. The van der Waals surface area contributed by atoms with Crippen LogP contribution >= 0.6 is 0 Å². The zero-order chi connectivity index (χ0) is 21.2. The molecule has 8 nitrogen and oxygen atoms in total. The molecule has 8 heteroatoms. The lowest BCUT2D eigenvalue weighted by Crippen LogP contribution is -2.51. The van der Waals surface area contributed by atoms with Gasteiger partial charge < -0.3 is 26.8 Å². The number of amides is 3. The molecular weight excluding hydrogens is 360 g/mol.